The summed E-state index contributed by atoms with van der Waals surface area (Å²) in [6.07, 6.45) is -0.697. The number of amides is 1. The Morgan fingerprint density at radius 3 is 2.76 bits per heavy atom. The summed E-state index contributed by atoms with van der Waals surface area (Å²) in [5.41, 5.74) is 0.101. The average molecular weight is 427 g/mol. The maximum Gasteiger partial charge on any atom is 0.390 e. The second-order valence-corrected chi connectivity index (χ2v) is 7.33. The van der Waals surface area contributed by atoms with E-state index in [2.05, 4.69) is 30.6 Å². The number of hydrogen-bond acceptors (Lipinski definition) is 5. The van der Waals surface area contributed by atoms with Gasteiger partial charge in [-0.15, -0.1) is 0 Å². The first kappa shape index (κ1) is 20.8. The monoisotopic (exact) mass is 426 g/mol. The van der Waals surface area contributed by atoms with E-state index in [1.165, 1.54) is 12.4 Å². The van der Waals surface area contributed by atoms with E-state index in [1.54, 1.807) is 32.2 Å². The van der Waals surface area contributed by atoms with Crippen molar-refractivity contribution in [2.24, 2.45) is 0 Å². The number of aromatic amines is 1. The minimum Gasteiger partial charge on any atom is -0.356 e. The number of halogens is 4. The van der Waals surface area contributed by atoms with Gasteiger partial charge in [-0.25, -0.2) is 15.0 Å². The van der Waals surface area contributed by atoms with Crippen LogP contribution in [0.5, 0.6) is 0 Å². The molecule has 29 heavy (non-hydrogen) atoms. The minimum atomic E-state index is -4.33. The Morgan fingerprint density at radius 2 is 2.03 bits per heavy atom. The summed E-state index contributed by atoms with van der Waals surface area (Å²) in [6.45, 7) is 2.60. The van der Waals surface area contributed by atoms with E-state index in [4.69, 9.17) is 11.6 Å². The van der Waals surface area contributed by atoms with Crippen LogP contribution in [0.3, 0.4) is 0 Å². The fourth-order valence-corrected chi connectivity index (χ4v) is 2.79. The Kier molecular flexibility index (Phi) is 5.65. The topological polar surface area (TPSA) is 95.6 Å². The van der Waals surface area contributed by atoms with E-state index < -0.39 is 30.6 Å². The molecule has 3 aromatic rings. The zero-order valence-electron chi connectivity index (χ0n) is 15.6. The number of H-pyrrole nitrogens is 1. The molecule has 7 nitrogen and oxygen atoms in total. The maximum absolute atomic E-state index is 12.3. The van der Waals surface area contributed by atoms with Crippen LogP contribution in [0.15, 0.2) is 30.7 Å². The van der Waals surface area contributed by atoms with Crippen LogP contribution in [0.4, 0.5) is 19.0 Å². The molecular weight excluding hydrogens is 409 g/mol. The number of nitrogens with one attached hydrogen (secondary N) is 3. The molecule has 154 valence electrons. The van der Waals surface area contributed by atoms with Gasteiger partial charge in [0.05, 0.1) is 11.4 Å². The molecule has 3 heterocycles. The Hall–Kier alpha value is -2.88. The average Bonchev–Trinajstić information content (AvgIpc) is 3.03. The first-order valence-corrected chi connectivity index (χ1v) is 9.02. The molecule has 0 fully saturated rings. The summed E-state index contributed by atoms with van der Waals surface area (Å²) in [6, 6.07) is 3.30. The van der Waals surface area contributed by atoms with Crippen molar-refractivity contribution < 1.29 is 18.0 Å². The lowest BCUT2D eigenvalue weighted by atomic mass is 10.0. The van der Waals surface area contributed by atoms with Crippen LogP contribution in [0.2, 0.25) is 5.02 Å². The van der Waals surface area contributed by atoms with Gasteiger partial charge in [0.15, 0.2) is 5.82 Å². The maximum atomic E-state index is 12.3. The first-order chi connectivity index (χ1) is 13.5. The second-order valence-electron chi connectivity index (χ2n) is 6.89. The third-order valence-electron chi connectivity index (χ3n) is 4.10. The number of anilines is 1. The summed E-state index contributed by atoms with van der Waals surface area (Å²) in [7, 11) is 0. The lowest BCUT2D eigenvalue weighted by molar-refractivity contribution is -0.136. The fraction of sp³-hybridized carbons (Fsp3) is 0.333. The molecule has 0 aliphatic rings. The highest BCUT2D eigenvalue weighted by Crippen LogP contribution is 2.28. The fourth-order valence-electron chi connectivity index (χ4n) is 2.64. The third-order valence-corrected chi connectivity index (χ3v) is 4.30. The molecular formula is C18H18ClF3N6O. The molecule has 0 saturated heterocycles. The van der Waals surface area contributed by atoms with Gasteiger partial charge in [0, 0.05) is 36.1 Å². The predicted molar refractivity (Wildman–Crippen MR) is 104 cm³/mol. The SMILES string of the molecule is CC(C)(Nc1ccnc(-c2c[nH]c3ncc(Cl)cc23)n1)C(=O)NCCC(F)(F)F. The lowest BCUT2D eigenvalue weighted by Crippen LogP contribution is -2.48. The van der Waals surface area contributed by atoms with Gasteiger partial charge in [0.1, 0.15) is 17.0 Å². The molecule has 0 bridgehead atoms. The van der Waals surface area contributed by atoms with Crippen molar-refractivity contribution in [3.05, 3.63) is 35.7 Å². The third kappa shape index (κ3) is 5.14. The Morgan fingerprint density at radius 1 is 1.28 bits per heavy atom. The molecule has 0 spiro atoms. The standard InChI is InChI=1S/C18H18ClF3N6O/c1-17(2,16(29)24-6-4-18(20,21)22)28-13-3-5-23-15(27-13)12-9-26-14-11(12)7-10(19)8-25-14/h3,5,7-9H,4,6H2,1-2H3,(H,24,29)(H,25,26)(H,23,27,28). The minimum absolute atomic E-state index is 0.343. The molecule has 11 heteroatoms. The van der Waals surface area contributed by atoms with Crippen molar-refractivity contribution in [3.8, 4) is 11.4 Å². The van der Waals surface area contributed by atoms with Gasteiger partial charge in [0.2, 0.25) is 5.91 Å². The van der Waals surface area contributed by atoms with Gasteiger partial charge in [-0.2, -0.15) is 13.2 Å². The normalized spacial score (nSPS) is 12.2. The van der Waals surface area contributed by atoms with Crippen molar-refractivity contribution in [3.63, 3.8) is 0 Å². The predicted octanol–water partition coefficient (Wildman–Crippen LogP) is 3.93. The highest BCUT2D eigenvalue weighted by molar-refractivity contribution is 6.31. The number of rotatable bonds is 6. The zero-order valence-corrected chi connectivity index (χ0v) is 16.3. The van der Waals surface area contributed by atoms with E-state index >= 15 is 0 Å². The van der Waals surface area contributed by atoms with Crippen LogP contribution < -0.4 is 10.6 Å². The van der Waals surface area contributed by atoms with Crippen molar-refractivity contribution in [1.29, 1.82) is 0 Å². The largest absolute Gasteiger partial charge is 0.390 e. The molecule has 0 aliphatic carbocycles. The molecule has 0 atom stereocenters. The first-order valence-electron chi connectivity index (χ1n) is 8.64. The van der Waals surface area contributed by atoms with Gasteiger partial charge in [-0.1, -0.05) is 11.6 Å². The molecule has 0 aliphatic heterocycles. The van der Waals surface area contributed by atoms with Crippen LogP contribution >= 0.6 is 11.6 Å². The number of carbonyl (C=O) groups excluding carboxylic acids is 1. The number of carbonyl (C=O) groups is 1. The second kappa shape index (κ2) is 7.86. The van der Waals surface area contributed by atoms with Crippen LogP contribution in [0.1, 0.15) is 20.3 Å². The molecule has 3 rings (SSSR count). The number of pyridine rings is 1. The summed E-state index contributed by atoms with van der Waals surface area (Å²) < 4.78 is 36.8. The van der Waals surface area contributed by atoms with Crippen LogP contribution in [0, 0.1) is 0 Å². The number of alkyl halides is 3. The van der Waals surface area contributed by atoms with Gasteiger partial charge in [0.25, 0.3) is 0 Å². The number of aromatic nitrogens is 4. The van der Waals surface area contributed by atoms with Gasteiger partial charge >= 0.3 is 6.18 Å². The zero-order chi connectivity index (χ0) is 21.2. The number of fused-ring (bicyclic) bond motifs is 1. The van der Waals surface area contributed by atoms with Crippen LogP contribution in [0.25, 0.3) is 22.4 Å². The van der Waals surface area contributed by atoms with Crippen LogP contribution in [-0.4, -0.2) is 44.1 Å². The molecule has 0 radical (unpaired) electrons. The lowest BCUT2D eigenvalue weighted by Gasteiger charge is -2.26. The number of hydrogen-bond donors (Lipinski definition) is 3. The summed E-state index contributed by atoms with van der Waals surface area (Å²) in [4.78, 5) is 28.1. The molecule has 1 amide bonds. The Bertz CT molecular complexity index is 1030. The van der Waals surface area contributed by atoms with Crippen molar-refractivity contribution in [1.82, 2.24) is 25.3 Å². The highest BCUT2D eigenvalue weighted by atomic mass is 35.5. The highest BCUT2D eigenvalue weighted by Gasteiger charge is 2.31. The van der Waals surface area contributed by atoms with E-state index in [0.29, 0.717) is 27.9 Å². The van der Waals surface area contributed by atoms with E-state index in [1.807, 2.05) is 0 Å². The Balaban J connectivity index is 1.76. The molecule has 3 N–H and O–H groups in total. The molecule has 0 saturated carbocycles. The summed E-state index contributed by atoms with van der Waals surface area (Å²) in [5, 5.41) is 6.41. The quantitative estimate of drug-likeness (QED) is 0.555. The van der Waals surface area contributed by atoms with Crippen molar-refractivity contribution in [2.75, 3.05) is 11.9 Å². The van der Waals surface area contributed by atoms with Crippen LogP contribution in [-0.2, 0) is 4.79 Å². The van der Waals surface area contributed by atoms with Gasteiger partial charge in [-0.05, 0) is 26.0 Å². The van der Waals surface area contributed by atoms with Crippen molar-refractivity contribution >= 4 is 34.4 Å². The molecule has 0 aromatic carbocycles. The van der Waals surface area contributed by atoms with Crippen molar-refractivity contribution in [2.45, 2.75) is 32.0 Å². The molecule has 0 unspecified atom stereocenters. The smallest absolute Gasteiger partial charge is 0.356 e. The van der Waals surface area contributed by atoms with E-state index in [9.17, 15) is 18.0 Å². The Labute approximate surface area is 169 Å². The summed E-state index contributed by atoms with van der Waals surface area (Å²) >= 11 is 6.01. The number of nitrogens with zero attached hydrogens (tertiary/aromatic N) is 3. The summed E-state index contributed by atoms with van der Waals surface area (Å²) in [5.74, 6) is 0.138. The van der Waals surface area contributed by atoms with Gasteiger partial charge < -0.3 is 15.6 Å². The molecule has 3 aromatic heterocycles. The van der Waals surface area contributed by atoms with E-state index in [-0.39, 0.29) is 0 Å². The van der Waals surface area contributed by atoms with Gasteiger partial charge in [-0.3, -0.25) is 4.79 Å². The van der Waals surface area contributed by atoms with E-state index in [0.717, 1.165) is 5.39 Å².